The average Bonchev–Trinajstić information content (AvgIpc) is 2.87. The highest BCUT2D eigenvalue weighted by molar-refractivity contribution is 5.03. The van der Waals surface area contributed by atoms with E-state index in [9.17, 15) is 8.78 Å². The molecule has 1 aromatic heterocycles. The average molecular weight is 288 g/mol. The van der Waals surface area contributed by atoms with E-state index in [1.54, 1.807) is 11.8 Å². The van der Waals surface area contributed by atoms with Gasteiger partial charge in [-0.3, -0.25) is 4.68 Å². The first-order chi connectivity index (χ1) is 9.32. The minimum absolute atomic E-state index is 0.0493. The second-order valence-corrected chi connectivity index (χ2v) is 5.78. The second-order valence-electron chi connectivity index (χ2n) is 5.78. The third-order valence-electron chi connectivity index (χ3n) is 3.90. The molecular formula is C13H22F2N4O. The molecule has 1 saturated heterocycles. The molecule has 0 aromatic carbocycles. The van der Waals surface area contributed by atoms with Crippen molar-refractivity contribution in [2.45, 2.75) is 44.8 Å². The maximum Gasteiger partial charge on any atom is 0.250 e. The van der Waals surface area contributed by atoms with Crippen LogP contribution in [0.1, 0.15) is 32.4 Å². The van der Waals surface area contributed by atoms with Crippen LogP contribution in [0.15, 0.2) is 6.20 Å². The van der Waals surface area contributed by atoms with Gasteiger partial charge in [0.25, 0.3) is 5.92 Å². The summed E-state index contributed by atoms with van der Waals surface area (Å²) in [5.74, 6) is -2.49. The highest BCUT2D eigenvalue weighted by Crippen LogP contribution is 2.27. The monoisotopic (exact) mass is 288 g/mol. The zero-order chi connectivity index (χ0) is 14.8. The molecule has 1 aliphatic heterocycles. The Bertz CT molecular complexity index is 437. The van der Waals surface area contributed by atoms with Crippen LogP contribution in [0.3, 0.4) is 0 Å². The molecule has 0 unspecified atom stereocenters. The van der Waals surface area contributed by atoms with E-state index in [0.29, 0.717) is 26.2 Å². The van der Waals surface area contributed by atoms with Gasteiger partial charge in [-0.15, -0.1) is 5.10 Å². The van der Waals surface area contributed by atoms with Crippen LogP contribution in [0, 0.1) is 0 Å². The van der Waals surface area contributed by atoms with Crippen LogP contribution >= 0.6 is 0 Å². The Labute approximate surface area is 117 Å². The van der Waals surface area contributed by atoms with E-state index >= 15 is 0 Å². The summed E-state index contributed by atoms with van der Waals surface area (Å²) in [5, 5.41) is 8.15. The minimum Gasteiger partial charge on any atom is -0.372 e. The van der Waals surface area contributed by atoms with Crippen molar-refractivity contribution in [2.24, 2.45) is 0 Å². The molecule has 5 nitrogen and oxygen atoms in total. The fourth-order valence-corrected chi connectivity index (χ4v) is 2.14. The molecular weight excluding hydrogens is 266 g/mol. The zero-order valence-corrected chi connectivity index (χ0v) is 12.3. The topological polar surface area (TPSA) is 43.2 Å². The van der Waals surface area contributed by atoms with Crippen molar-refractivity contribution < 1.29 is 13.5 Å². The molecule has 1 fully saturated rings. The van der Waals surface area contributed by atoms with Crippen LogP contribution in [0.25, 0.3) is 0 Å². The molecule has 1 aliphatic rings. The largest absolute Gasteiger partial charge is 0.372 e. The number of rotatable bonds is 5. The lowest BCUT2D eigenvalue weighted by Crippen LogP contribution is -2.40. The standard InChI is InChI=1S/C13H22F2N4O/c1-12(2,20-3)11-10-19(17-16-11)9-8-18-6-4-13(14,15)5-7-18/h10H,4-9H2,1-3H3. The Morgan fingerprint density at radius 1 is 1.30 bits per heavy atom. The first kappa shape index (κ1) is 15.3. The number of alkyl halides is 2. The van der Waals surface area contributed by atoms with Gasteiger partial charge in [-0.2, -0.15) is 0 Å². The Hall–Kier alpha value is -1.08. The summed E-state index contributed by atoms with van der Waals surface area (Å²) >= 11 is 0. The summed E-state index contributed by atoms with van der Waals surface area (Å²) in [4.78, 5) is 2.04. The Balaban J connectivity index is 1.83. The quantitative estimate of drug-likeness (QED) is 0.830. The summed E-state index contributed by atoms with van der Waals surface area (Å²) in [6.07, 6.45) is 1.75. The predicted molar refractivity (Wildman–Crippen MR) is 70.7 cm³/mol. The van der Waals surface area contributed by atoms with E-state index in [1.165, 1.54) is 0 Å². The molecule has 0 bridgehead atoms. The third-order valence-corrected chi connectivity index (χ3v) is 3.90. The van der Waals surface area contributed by atoms with Crippen LogP contribution in [-0.2, 0) is 16.9 Å². The van der Waals surface area contributed by atoms with Gasteiger partial charge in [-0.1, -0.05) is 5.21 Å². The van der Waals surface area contributed by atoms with E-state index in [-0.39, 0.29) is 12.8 Å². The number of piperidine rings is 1. The highest BCUT2D eigenvalue weighted by Gasteiger charge is 2.33. The third kappa shape index (κ3) is 3.73. The van der Waals surface area contributed by atoms with Gasteiger partial charge in [-0.25, -0.2) is 8.78 Å². The Kier molecular flexibility index (Phi) is 4.39. The predicted octanol–water partition coefficient (Wildman–Crippen LogP) is 1.89. The van der Waals surface area contributed by atoms with Crippen LogP contribution in [-0.4, -0.2) is 52.6 Å². The van der Waals surface area contributed by atoms with Crippen LogP contribution < -0.4 is 0 Å². The summed E-state index contributed by atoms with van der Waals surface area (Å²) in [6, 6.07) is 0. The van der Waals surface area contributed by atoms with Crippen molar-refractivity contribution in [1.29, 1.82) is 0 Å². The van der Waals surface area contributed by atoms with Crippen LogP contribution in [0.4, 0.5) is 8.78 Å². The lowest BCUT2D eigenvalue weighted by molar-refractivity contribution is -0.0555. The maximum atomic E-state index is 13.0. The molecule has 0 N–H and O–H groups in total. The zero-order valence-electron chi connectivity index (χ0n) is 12.3. The van der Waals surface area contributed by atoms with E-state index in [0.717, 1.165) is 5.69 Å². The van der Waals surface area contributed by atoms with E-state index in [1.807, 2.05) is 24.9 Å². The molecule has 0 radical (unpaired) electrons. The number of ether oxygens (including phenoxy) is 1. The van der Waals surface area contributed by atoms with Crippen molar-refractivity contribution in [1.82, 2.24) is 19.9 Å². The van der Waals surface area contributed by atoms with Crippen LogP contribution in [0.2, 0.25) is 0 Å². The minimum atomic E-state index is -2.49. The number of nitrogens with zero attached hydrogens (tertiary/aromatic N) is 4. The summed E-state index contributed by atoms with van der Waals surface area (Å²) in [7, 11) is 1.63. The van der Waals surface area contributed by atoms with E-state index in [4.69, 9.17) is 4.74 Å². The molecule has 20 heavy (non-hydrogen) atoms. The molecule has 7 heteroatoms. The van der Waals surface area contributed by atoms with Gasteiger partial charge in [0.1, 0.15) is 11.3 Å². The highest BCUT2D eigenvalue weighted by atomic mass is 19.3. The van der Waals surface area contributed by atoms with Crippen LogP contribution in [0.5, 0.6) is 0 Å². The fraction of sp³-hybridized carbons (Fsp3) is 0.846. The van der Waals surface area contributed by atoms with Crippen molar-refractivity contribution in [3.8, 4) is 0 Å². The Morgan fingerprint density at radius 3 is 2.55 bits per heavy atom. The first-order valence-corrected chi connectivity index (χ1v) is 6.88. The molecule has 0 atom stereocenters. The summed E-state index contributed by atoms with van der Waals surface area (Å²) in [5.41, 5.74) is 0.302. The summed E-state index contributed by atoms with van der Waals surface area (Å²) < 4.78 is 33.2. The second kappa shape index (κ2) is 5.73. The molecule has 0 spiro atoms. The fourth-order valence-electron chi connectivity index (χ4n) is 2.14. The normalized spacial score (nSPS) is 20.2. The molecule has 0 saturated carbocycles. The molecule has 114 valence electrons. The molecule has 0 aliphatic carbocycles. The summed E-state index contributed by atoms with van der Waals surface area (Å²) in [6.45, 7) is 6.10. The number of likely N-dealkylation sites (tertiary alicyclic amines) is 1. The van der Waals surface area contributed by atoms with Gasteiger partial charge >= 0.3 is 0 Å². The van der Waals surface area contributed by atoms with Gasteiger partial charge in [0, 0.05) is 39.6 Å². The lowest BCUT2D eigenvalue weighted by Gasteiger charge is -2.31. The van der Waals surface area contributed by atoms with Crippen molar-refractivity contribution in [3.05, 3.63) is 11.9 Å². The SMILES string of the molecule is COC(C)(C)c1cn(CCN2CCC(F)(F)CC2)nn1. The number of aromatic nitrogens is 3. The molecule has 2 rings (SSSR count). The maximum absolute atomic E-state index is 13.0. The molecule has 0 amide bonds. The van der Waals surface area contributed by atoms with Gasteiger partial charge in [0.15, 0.2) is 0 Å². The smallest absolute Gasteiger partial charge is 0.250 e. The Morgan fingerprint density at radius 2 is 1.95 bits per heavy atom. The van der Waals surface area contributed by atoms with E-state index < -0.39 is 11.5 Å². The number of halogens is 2. The van der Waals surface area contributed by atoms with Crippen molar-refractivity contribution in [3.63, 3.8) is 0 Å². The van der Waals surface area contributed by atoms with Gasteiger partial charge in [0.05, 0.1) is 12.7 Å². The van der Waals surface area contributed by atoms with E-state index in [2.05, 4.69) is 10.3 Å². The van der Waals surface area contributed by atoms with Crippen molar-refractivity contribution >= 4 is 0 Å². The van der Waals surface area contributed by atoms with Gasteiger partial charge in [-0.05, 0) is 13.8 Å². The van der Waals surface area contributed by atoms with Crippen molar-refractivity contribution in [2.75, 3.05) is 26.7 Å². The lowest BCUT2D eigenvalue weighted by atomic mass is 10.1. The number of methoxy groups -OCH3 is 1. The number of hydrogen-bond acceptors (Lipinski definition) is 4. The van der Waals surface area contributed by atoms with Gasteiger partial charge in [0.2, 0.25) is 0 Å². The van der Waals surface area contributed by atoms with Gasteiger partial charge < -0.3 is 9.64 Å². The number of hydrogen-bond donors (Lipinski definition) is 0. The molecule has 1 aromatic rings. The molecule has 2 heterocycles. The first-order valence-electron chi connectivity index (χ1n) is 6.88.